The molecule has 0 aliphatic carbocycles. The smallest absolute Gasteiger partial charge is 0.264 e. The summed E-state index contributed by atoms with van der Waals surface area (Å²) in [5.41, 5.74) is 1.48. The molecular formula is C26H20ClN3O5S. The molecule has 36 heavy (non-hydrogen) atoms. The summed E-state index contributed by atoms with van der Waals surface area (Å²) < 4.78 is 40.0. The highest BCUT2D eigenvalue weighted by atomic mass is 35.5. The van der Waals surface area contributed by atoms with Crippen LogP contribution in [0.5, 0.6) is 11.5 Å². The molecule has 2 heterocycles. The zero-order valence-corrected chi connectivity index (χ0v) is 21.1. The van der Waals surface area contributed by atoms with E-state index in [2.05, 4.69) is 26.5 Å². The molecule has 1 N–H and O–H groups in total. The first-order chi connectivity index (χ1) is 17.2. The Morgan fingerprint density at radius 2 is 1.72 bits per heavy atom. The van der Waals surface area contributed by atoms with Crippen LogP contribution in [0.15, 0.2) is 65.8 Å². The molecule has 0 aliphatic heterocycles. The summed E-state index contributed by atoms with van der Waals surface area (Å²) in [7, 11) is -1.10. The van der Waals surface area contributed by atoms with E-state index in [1.807, 2.05) is 0 Å². The van der Waals surface area contributed by atoms with Gasteiger partial charge < -0.3 is 9.47 Å². The standard InChI is InChI=1S/C26H20ClN3O5S/c1-16(31)22-14-24(35-3)18(15-29-22)7-6-17-13-19(27)8-9-21(17)30-36(32,33)25-11-10-23(34-2)20-5-4-12-28-26(20)25/h4-5,8-15,30H,1-3H3. The van der Waals surface area contributed by atoms with Crippen LogP contribution in [0.4, 0.5) is 5.69 Å². The summed E-state index contributed by atoms with van der Waals surface area (Å²) in [5.74, 6) is 6.50. The van der Waals surface area contributed by atoms with E-state index < -0.39 is 10.0 Å². The largest absolute Gasteiger partial charge is 0.496 e. The average Bonchev–Trinajstić information content (AvgIpc) is 2.87. The SMILES string of the molecule is COc1cc(C(C)=O)ncc1C#Cc1cc(Cl)ccc1NS(=O)(=O)c1ccc(OC)c2cccnc12. The molecule has 0 atom stereocenters. The van der Waals surface area contributed by atoms with Crippen molar-refractivity contribution < 1.29 is 22.7 Å². The Balaban J connectivity index is 1.75. The van der Waals surface area contributed by atoms with Crippen LogP contribution in [0.2, 0.25) is 5.02 Å². The monoisotopic (exact) mass is 521 g/mol. The lowest BCUT2D eigenvalue weighted by Crippen LogP contribution is -2.15. The third-order valence-electron chi connectivity index (χ3n) is 5.21. The third-order valence-corrected chi connectivity index (χ3v) is 6.84. The highest BCUT2D eigenvalue weighted by Crippen LogP contribution is 2.31. The first kappa shape index (κ1) is 25.0. The van der Waals surface area contributed by atoms with E-state index in [0.29, 0.717) is 33.0 Å². The number of halogens is 1. The number of aromatic nitrogens is 2. The van der Waals surface area contributed by atoms with Gasteiger partial charge in [-0.25, -0.2) is 8.42 Å². The van der Waals surface area contributed by atoms with Crippen molar-refractivity contribution in [1.82, 2.24) is 9.97 Å². The number of Topliss-reactive ketones (excluding diaryl/α,β-unsaturated/α-hetero) is 1. The minimum Gasteiger partial charge on any atom is -0.496 e. The quantitative estimate of drug-likeness (QED) is 0.289. The number of rotatable bonds is 6. The fraction of sp³-hybridized carbons (Fsp3) is 0.115. The molecule has 0 amide bonds. The second-order valence-corrected chi connectivity index (χ2v) is 9.62. The lowest BCUT2D eigenvalue weighted by atomic mass is 10.1. The van der Waals surface area contributed by atoms with Gasteiger partial charge in [0.1, 0.15) is 22.1 Å². The number of benzene rings is 2. The van der Waals surface area contributed by atoms with Crippen LogP contribution < -0.4 is 14.2 Å². The van der Waals surface area contributed by atoms with Gasteiger partial charge in [0.25, 0.3) is 10.0 Å². The average molecular weight is 522 g/mol. The van der Waals surface area contributed by atoms with Gasteiger partial charge >= 0.3 is 0 Å². The highest BCUT2D eigenvalue weighted by Gasteiger charge is 2.21. The Kier molecular flexibility index (Phi) is 7.10. The van der Waals surface area contributed by atoms with Crippen molar-refractivity contribution in [3.63, 3.8) is 0 Å². The number of methoxy groups -OCH3 is 2. The number of hydrogen-bond donors (Lipinski definition) is 1. The Hall–Kier alpha value is -4.13. The fourth-order valence-electron chi connectivity index (χ4n) is 3.45. The molecule has 0 saturated carbocycles. The molecule has 8 nitrogen and oxygen atoms in total. The Labute approximate surface area is 213 Å². The third kappa shape index (κ3) is 5.10. The van der Waals surface area contributed by atoms with Crippen LogP contribution in [-0.2, 0) is 10.0 Å². The molecule has 182 valence electrons. The zero-order chi connectivity index (χ0) is 25.9. The molecule has 4 rings (SSSR count). The van der Waals surface area contributed by atoms with Crippen LogP contribution in [0.25, 0.3) is 10.9 Å². The van der Waals surface area contributed by atoms with Gasteiger partial charge in [0, 0.05) is 35.8 Å². The molecule has 10 heteroatoms. The summed E-state index contributed by atoms with van der Waals surface area (Å²) in [4.78, 5) is 19.9. The van der Waals surface area contributed by atoms with Gasteiger partial charge in [-0.1, -0.05) is 23.4 Å². The van der Waals surface area contributed by atoms with Gasteiger partial charge in [-0.2, -0.15) is 0 Å². The zero-order valence-electron chi connectivity index (χ0n) is 19.5. The molecule has 0 aliphatic rings. The van der Waals surface area contributed by atoms with Crippen molar-refractivity contribution in [3.8, 4) is 23.3 Å². The Morgan fingerprint density at radius 1 is 0.972 bits per heavy atom. The first-order valence-electron chi connectivity index (χ1n) is 10.5. The Morgan fingerprint density at radius 3 is 2.44 bits per heavy atom. The van der Waals surface area contributed by atoms with Crippen molar-refractivity contribution in [2.75, 3.05) is 18.9 Å². The van der Waals surface area contributed by atoms with Gasteiger partial charge in [-0.3, -0.25) is 19.5 Å². The van der Waals surface area contributed by atoms with E-state index in [4.69, 9.17) is 21.1 Å². The predicted molar refractivity (Wildman–Crippen MR) is 137 cm³/mol. The number of carbonyl (C=O) groups is 1. The molecule has 0 radical (unpaired) electrons. The normalized spacial score (nSPS) is 10.9. The van der Waals surface area contributed by atoms with E-state index in [0.717, 1.165) is 0 Å². The van der Waals surface area contributed by atoms with Crippen LogP contribution >= 0.6 is 11.6 Å². The number of ketones is 1. The molecule has 0 fully saturated rings. The molecule has 0 unspecified atom stereocenters. The number of anilines is 1. The van der Waals surface area contributed by atoms with Crippen LogP contribution in [0, 0.1) is 11.8 Å². The number of sulfonamides is 1. The lowest BCUT2D eigenvalue weighted by molar-refractivity contribution is 0.101. The second-order valence-electron chi connectivity index (χ2n) is 7.54. The number of hydrogen-bond acceptors (Lipinski definition) is 7. The maximum absolute atomic E-state index is 13.4. The number of fused-ring (bicyclic) bond motifs is 1. The summed E-state index contributed by atoms with van der Waals surface area (Å²) in [5, 5.41) is 0.934. The van der Waals surface area contributed by atoms with Crippen molar-refractivity contribution >= 4 is 44.0 Å². The maximum atomic E-state index is 13.4. The van der Waals surface area contributed by atoms with Gasteiger partial charge in [0.2, 0.25) is 0 Å². The topological polar surface area (TPSA) is 107 Å². The van der Waals surface area contributed by atoms with E-state index >= 15 is 0 Å². The fourth-order valence-corrected chi connectivity index (χ4v) is 4.86. The van der Waals surface area contributed by atoms with Crippen LogP contribution in [0.3, 0.4) is 0 Å². The van der Waals surface area contributed by atoms with Crippen molar-refractivity contribution in [2.24, 2.45) is 0 Å². The van der Waals surface area contributed by atoms with E-state index in [1.165, 1.54) is 51.7 Å². The summed E-state index contributed by atoms with van der Waals surface area (Å²) in [6.07, 6.45) is 2.94. The number of nitrogens with zero attached hydrogens (tertiary/aromatic N) is 2. The highest BCUT2D eigenvalue weighted by molar-refractivity contribution is 7.93. The van der Waals surface area contributed by atoms with E-state index in [1.54, 1.807) is 30.3 Å². The number of carbonyl (C=O) groups excluding carboxylic acids is 1. The summed E-state index contributed by atoms with van der Waals surface area (Å²) in [6, 6.07) is 12.6. The molecule has 4 aromatic rings. The minimum atomic E-state index is -4.06. The molecule has 2 aromatic heterocycles. The predicted octanol–water partition coefficient (Wildman–Crippen LogP) is 4.70. The van der Waals surface area contributed by atoms with Crippen molar-refractivity contribution in [1.29, 1.82) is 0 Å². The molecule has 0 spiro atoms. The summed E-state index contributed by atoms with van der Waals surface area (Å²) in [6.45, 7) is 1.40. The molecule has 0 bridgehead atoms. The number of ether oxygens (including phenoxy) is 2. The first-order valence-corrected chi connectivity index (χ1v) is 12.4. The second kappa shape index (κ2) is 10.2. The van der Waals surface area contributed by atoms with Crippen LogP contribution in [-0.4, -0.2) is 38.4 Å². The van der Waals surface area contributed by atoms with Crippen molar-refractivity contribution in [2.45, 2.75) is 11.8 Å². The maximum Gasteiger partial charge on any atom is 0.264 e. The molecule has 0 saturated heterocycles. The lowest BCUT2D eigenvalue weighted by Gasteiger charge is -2.13. The van der Waals surface area contributed by atoms with Gasteiger partial charge in [0.15, 0.2) is 5.78 Å². The number of pyridine rings is 2. The van der Waals surface area contributed by atoms with Gasteiger partial charge in [0.05, 0.1) is 36.6 Å². The number of nitrogens with one attached hydrogen (secondary N) is 1. The Bertz CT molecular complexity index is 1660. The van der Waals surface area contributed by atoms with Gasteiger partial charge in [-0.15, -0.1) is 0 Å². The van der Waals surface area contributed by atoms with E-state index in [9.17, 15) is 13.2 Å². The molecular weight excluding hydrogens is 502 g/mol. The van der Waals surface area contributed by atoms with Crippen LogP contribution in [0.1, 0.15) is 28.5 Å². The molecule has 2 aromatic carbocycles. The van der Waals surface area contributed by atoms with Gasteiger partial charge in [-0.05, 0) is 42.5 Å². The minimum absolute atomic E-state index is 0.0153. The van der Waals surface area contributed by atoms with E-state index in [-0.39, 0.29) is 27.6 Å². The van der Waals surface area contributed by atoms with Crippen molar-refractivity contribution in [3.05, 3.63) is 82.8 Å². The summed E-state index contributed by atoms with van der Waals surface area (Å²) >= 11 is 6.17.